The van der Waals surface area contributed by atoms with Gasteiger partial charge in [0, 0.05) is 46.2 Å². The Bertz CT molecular complexity index is 812. The summed E-state index contributed by atoms with van der Waals surface area (Å²) in [5.41, 5.74) is 2.48. The summed E-state index contributed by atoms with van der Waals surface area (Å²) in [4.78, 5) is 13.0. The molecular weight excluding hydrogens is 516 g/mol. The molecule has 0 radical (unpaired) electrons. The Labute approximate surface area is 200 Å². The summed E-state index contributed by atoms with van der Waals surface area (Å²) in [7, 11) is 5.38. The molecule has 0 saturated carbocycles. The molecule has 2 aromatic rings. The zero-order valence-corrected chi connectivity index (χ0v) is 21.8. The van der Waals surface area contributed by atoms with Gasteiger partial charge in [0.1, 0.15) is 16.9 Å². The van der Waals surface area contributed by atoms with Gasteiger partial charge >= 0.3 is 0 Å². The summed E-state index contributed by atoms with van der Waals surface area (Å²) in [5.74, 6) is 0.533. The Hall–Kier alpha value is -1.46. The van der Waals surface area contributed by atoms with Gasteiger partial charge in [0.05, 0.1) is 17.9 Å². The molecule has 1 unspecified atom stereocenters. The number of hydrogen-bond acceptors (Lipinski definition) is 5. The summed E-state index contributed by atoms with van der Waals surface area (Å²) in [6.07, 6.45) is -0.00861. The Kier molecular flexibility index (Phi) is 11.6. The first kappa shape index (κ1) is 26.6. The standard InChI is InChI=1S/C21H32FN5OS.HI/c1-7-27(8-2)19-10-9-16(11-18(19)22)12-24-21(23-4)26(5)13-17-14-29-20(25-17)15(3)28-6;/h9-11,14-15H,7-8,12-13H2,1-6H3,(H,23,24);1H. The van der Waals surface area contributed by atoms with Crippen LogP contribution < -0.4 is 10.2 Å². The molecule has 1 N–H and O–H groups in total. The zero-order chi connectivity index (χ0) is 21.4. The third-order valence-electron chi connectivity index (χ3n) is 4.81. The lowest BCUT2D eigenvalue weighted by atomic mass is 10.2. The van der Waals surface area contributed by atoms with E-state index in [-0.39, 0.29) is 35.9 Å². The number of rotatable bonds is 9. The van der Waals surface area contributed by atoms with Gasteiger partial charge < -0.3 is 19.9 Å². The number of thiazole rings is 1. The molecule has 0 spiro atoms. The van der Waals surface area contributed by atoms with Crippen LogP contribution in [-0.4, -0.2) is 50.1 Å². The Balaban J connectivity index is 0.00000450. The lowest BCUT2D eigenvalue weighted by molar-refractivity contribution is 0.119. The van der Waals surface area contributed by atoms with E-state index in [0.29, 0.717) is 18.8 Å². The molecule has 0 bridgehead atoms. The molecule has 0 saturated heterocycles. The molecule has 1 heterocycles. The van der Waals surface area contributed by atoms with Crippen LogP contribution in [0.4, 0.5) is 10.1 Å². The average molecular weight is 549 g/mol. The second-order valence-electron chi connectivity index (χ2n) is 6.77. The van der Waals surface area contributed by atoms with Crippen molar-refractivity contribution in [1.82, 2.24) is 15.2 Å². The van der Waals surface area contributed by atoms with Crippen LogP contribution in [0, 0.1) is 5.82 Å². The lowest BCUT2D eigenvalue weighted by Crippen LogP contribution is -2.38. The number of halogens is 2. The van der Waals surface area contributed by atoms with E-state index >= 15 is 0 Å². The highest BCUT2D eigenvalue weighted by molar-refractivity contribution is 14.0. The Morgan fingerprint density at radius 2 is 2.03 bits per heavy atom. The highest BCUT2D eigenvalue weighted by atomic mass is 127. The predicted octanol–water partition coefficient (Wildman–Crippen LogP) is 4.66. The Morgan fingerprint density at radius 3 is 2.60 bits per heavy atom. The number of aromatic nitrogens is 1. The quantitative estimate of drug-likeness (QED) is 0.280. The van der Waals surface area contributed by atoms with Crippen LogP contribution in [0.25, 0.3) is 0 Å². The normalized spacial score (nSPS) is 12.3. The van der Waals surface area contributed by atoms with Crippen LogP contribution >= 0.6 is 35.3 Å². The number of guanidine groups is 1. The summed E-state index contributed by atoms with van der Waals surface area (Å²) in [5, 5.41) is 6.30. The summed E-state index contributed by atoms with van der Waals surface area (Å²) >= 11 is 1.59. The van der Waals surface area contributed by atoms with Gasteiger partial charge in [-0.25, -0.2) is 9.37 Å². The molecule has 1 aromatic heterocycles. The number of benzene rings is 1. The maximum absolute atomic E-state index is 14.5. The van der Waals surface area contributed by atoms with Crippen LogP contribution in [0.15, 0.2) is 28.6 Å². The van der Waals surface area contributed by atoms with Gasteiger partial charge in [-0.3, -0.25) is 4.99 Å². The number of ether oxygens (including phenoxy) is 1. The van der Waals surface area contributed by atoms with Gasteiger partial charge in [-0.1, -0.05) is 6.07 Å². The molecule has 9 heteroatoms. The minimum Gasteiger partial charge on any atom is -0.375 e. The van der Waals surface area contributed by atoms with Crippen molar-refractivity contribution in [2.24, 2.45) is 4.99 Å². The molecule has 1 aromatic carbocycles. The monoisotopic (exact) mass is 549 g/mol. The highest BCUT2D eigenvalue weighted by Crippen LogP contribution is 2.22. The summed E-state index contributed by atoms with van der Waals surface area (Å²) in [6.45, 7) is 8.72. The molecule has 0 fully saturated rings. The molecular formula is C21H33FIN5OS. The fraction of sp³-hybridized carbons (Fsp3) is 0.524. The van der Waals surface area contributed by atoms with Crippen molar-refractivity contribution >= 4 is 47.0 Å². The number of nitrogens with zero attached hydrogens (tertiary/aromatic N) is 4. The van der Waals surface area contributed by atoms with Gasteiger partial charge in [0.15, 0.2) is 5.96 Å². The minimum absolute atomic E-state index is 0. The van der Waals surface area contributed by atoms with E-state index in [1.165, 1.54) is 0 Å². The van der Waals surface area contributed by atoms with Crippen LogP contribution in [0.1, 0.15) is 43.1 Å². The first-order valence-electron chi connectivity index (χ1n) is 9.85. The number of hydrogen-bond donors (Lipinski definition) is 1. The van der Waals surface area contributed by atoms with Crippen molar-refractivity contribution in [3.05, 3.63) is 45.7 Å². The zero-order valence-electron chi connectivity index (χ0n) is 18.6. The second-order valence-corrected chi connectivity index (χ2v) is 7.66. The van der Waals surface area contributed by atoms with E-state index < -0.39 is 0 Å². The first-order chi connectivity index (χ1) is 13.9. The van der Waals surface area contributed by atoms with Crippen LogP contribution in [-0.2, 0) is 17.8 Å². The first-order valence-corrected chi connectivity index (χ1v) is 10.7. The molecule has 0 aliphatic carbocycles. The van der Waals surface area contributed by atoms with E-state index in [1.54, 1.807) is 31.6 Å². The smallest absolute Gasteiger partial charge is 0.194 e. The van der Waals surface area contributed by atoms with Crippen molar-refractivity contribution in [1.29, 1.82) is 0 Å². The van der Waals surface area contributed by atoms with Crippen molar-refractivity contribution in [2.45, 2.75) is 40.0 Å². The molecule has 2 rings (SSSR count). The molecule has 6 nitrogen and oxygen atoms in total. The van der Waals surface area contributed by atoms with E-state index in [2.05, 4.69) is 15.3 Å². The summed E-state index contributed by atoms with van der Waals surface area (Å²) in [6, 6.07) is 5.39. The van der Waals surface area contributed by atoms with Crippen LogP contribution in [0.2, 0.25) is 0 Å². The number of nitrogens with one attached hydrogen (secondary N) is 1. The SMILES string of the molecule is CCN(CC)c1ccc(CNC(=NC)N(C)Cc2csc(C(C)OC)n2)cc1F.I. The molecule has 1 atom stereocenters. The predicted molar refractivity (Wildman–Crippen MR) is 135 cm³/mol. The van der Waals surface area contributed by atoms with Crippen LogP contribution in [0.5, 0.6) is 0 Å². The van der Waals surface area contributed by atoms with Gasteiger partial charge in [-0.15, -0.1) is 35.3 Å². The number of methoxy groups -OCH3 is 1. The van der Waals surface area contributed by atoms with Gasteiger partial charge in [-0.05, 0) is 38.5 Å². The minimum atomic E-state index is -0.196. The second kappa shape index (κ2) is 13.1. The highest BCUT2D eigenvalue weighted by Gasteiger charge is 2.13. The lowest BCUT2D eigenvalue weighted by Gasteiger charge is -2.23. The molecule has 30 heavy (non-hydrogen) atoms. The van der Waals surface area contributed by atoms with Crippen molar-refractivity contribution in [3.8, 4) is 0 Å². The number of anilines is 1. The molecule has 0 aliphatic heterocycles. The average Bonchev–Trinajstić information content (AvgIpc) is 3.18. The van der Waals surface area contributed by atoms with Crippen molar-refractivity contribution in [3.63, 3.8) is 0 Å². The van der Waals surface area contributed by atoms with Crippen molar-refractivity contribution < 1.29 is 9.13 Å². The fourth-order valence-corrected chi connectivity index (χ4v) is 3.89. The van der Waals surface area contributed by atoms with E-state index in [4.69, 9.17) is 4.74 Å². The van der Waals surface area contributed by atoms with Gasteiger partial charge in [0.25, 0.3) is 0 Å². The van der Waals surface area contributed by atoms with E-state index in [0.717, 1.165) is 35.3 Å². The molecule has 168 valence electrons. The topological polar surface area (TPSA) is 53.0 Å². The molecule has 0 aliphatic rings. The Morgan fingerprint density at radius 1 is 1.33 bits per heavy atom. The molecule has 0 amide bonds. The maximum atomic E-state index is 14.5. The summed E-state index contributed by atoms with van der Waals surface area (Å²) < 4.78 is 19.8. The van der Waals surface area contributed by atoms with Gasteiger partial charge in [0.2, 0.25) is 0 Å². The van der Waals surface area contributed by atoms with Gasteiger partial charge in [-0.2, -0.15) is 0 Å². The number of aliphatic imine (C=N–C) groups is 1. The van der Waals surface area contributed by atoms with E-state index in [1.807, 2.05) is 55.1 Å². The third kappa shape index (κ3) is 7.05. The third-order valence-corrected chi connectivity index (χ3v) is 5.86. The van der Waals surface area contributed by atoms with Crippen molar-refractivity contribution in [2.75, 3.05) is 39.2 Å². The fourth-order valence-electron chi connectivity index (χ4n) is 3.05. The largest absolute Gasteiger partial charge is 0.375 e. The maximum Gasteiger partial charge on any atom is 0.194 e. The van der Waals surface area contributed by atoms with E-state index in [9.17, 15) is 4.39 Å². The van der Waals surface area contributed by atoms with Crippen LogP contribution in [0.3, 0.4) is 0 Å².